The van der Waals surface area contributed by atoms with Crippen LogP contribution in [0, 0.1) is 0 Å². The Kier molecular flexibility index (Phi) is 3.90. The van der Waals surface area contributed by atoms with Crippen molar-refractivity contribution >= 4 is 11.1 Å². The molecular formula is C25H22O3. The molecule has 5 rings (SSSR count). The highest BCUT2D eigenvalue weighted by Gasteiger charge is 2.38. The fraction of sp³-hybridized carbons (Fsp3) is 0.200. The van der Waals surface area contributed by atoms with Gasteiger partial charge in [0.05, 0.1) is 14.2 Å². The summed E-state index contributed by atoms with van der Waals surface area (Å²) in [4.78, 5) is 0. The first-order valence-electron chi connectivity index (χ1n) is 9.57. The van der Waals surface area contributed by atoms with E-state index >= 15 is 0 Å². The van der Waals surface area contributed by atoms with Gasteiger partial charge in [-0.15, -0.1) is 0 Å². The summed E-state index contributed by atoms with van der Waals surface area (Å²) in [7, 11) is 3.41. The molecule has 2 aliphatic carbocycles. The third kappa shape index (κ3) is 2.43. The van der Waals surface area contributed by atoms with Gasteiger partial charge in [-0.25, -0.2) is 0 Å². The summed E-state index contributed by atoms with van der Waals surface area (Å²) in [6.45, 7) is 0. The zero-order chi connectivity index (χ0) is 19.3. The van der Waals surface area contributed by atoms with Crippen LogP contribution < -0.4 is 9.47 Å². The number of benzene rings is 3. The lowest BCUT2D eigenvalue weighted by Gasteiger charge is -2.24. The van der Waals surface area contributed by atoms with Gasteiger partial charge >= 0.3 is 0 Å². The normalized spacial score (nSPS) is 17.0. The molecule has 0 spiro atoms. The maximum atomic E-state index is 9.80. The highest BCUT2D eigenvalue weighted by atomic mass is 16.5. The first-order valence-corrected chi connectivity index (χ1v) is 9.57. The number of fused-ring (bicyclic) bond motifs is 4. The predicted octanol–water partition coefficient (Wildman–Crippen LogP) is 5.41. The molecule has 2 aliphatic rings. The van der Waals surface area contributed by atoms with Crippen molar-refractivity contribution in [2.45, 2.75) is 18.8 Å². The molecule has 3 aromatic carbocycles. The predicted molar refractivity (Wildman–Crippen MR) is 111 cm³/mol. The summed E-state index contributed by atoms with van der Waals surface area (Å²) in [5.74, 6) is 2.02. The lowest BCUT2D eigenvalue weighted by Crippen LogP contribution is -2.07. The summed E-state index contributed by atoms with van der Waals surface area (Å²) < 4.78 is 11.4. The van der Waals surface area contributed by atoms with Crippen LogP contribution in [0.1, 0.15) is 40.2 Å². The number of aryl methyl sites for hydroxylation is 1. The summed E-state index contributed by atoms with van der Waals surface area (Å²) in [5.41, 5.74) is 9.01. The van der Waals surface area contributed by atoms with Crippen LogP contribution in [0.2, 0.25) is 0 Å². The van der Waals surface area contributed by atoms with Crippen LogP contribution in [0.4, 0.5) is 0 Å². The zero-order valence-corrected chi connectivity index (χ0v) is 16.0. The van der Waals surface area contributed by atoms with Crippen molar-refractivity contribution in [1.82, 2.24) is 0 Å². The minimum absolute atomic E-state index is 0.0768. The second-order valence-corrected chi connectivity index (χ2v) is 7.36. The Morgan fingerprint density at radius 1 is 0.857 bits per heavy atom. The molecule has 3 heteroatoms. The van der Waals surface area contributed by atoms with E-state index in [-0.39, 0.29) is 11.7 Å². The molecule has 140 valence electrons. The van der Waals surface area contributed by atoms with Gasteiger partial charge in [-0.2, -0.15) is 0 Å². The summed E-state index contributed by atoms with van der Waals surface area (Å²) in [6.07, 6.45) is 2.04. The summed E-state index contributed by atoms with van der Waals surface area (Å²) in [5, 5.41) is 9.80. The van der Waals surface area contributed by atoms with Crippen molar-refractivity contribution in [1.29, 1.82) is 0 Å². The third-order valence-corrected chi connectivity index (χ3v) is 5.98. The van der Waals surface area contributed by atoms with E-state index in [0.29, 0.717) is 0 Å². The SMILES string of the molecule is COc1cc(OC)c2c(c1)C1=C(c3ccccc3CC1)C2c1ccc(O)cc1. The van der Waals surface area contributed by atoms with Crippen molar-refractivity contribution in [2.24, 2.45) is 0 Å². The average Bonchev–Trinajstić information content (AvgIpc) is 3.08. The lowest BCUT2D eigenvalue weighted by molar-refractivity contribution is 0.391. The Bertz CT molecular complexity index is 1090. The second kappa shape index (κ2) is 6.45. The van der Waals surface area contributed by atoms with E-state index in [1.807, 2.05) is 18.2 Å². The van der Waals surface area contributed by atoms with Gasteiger partial charge in [0.1, 0.15) is 17.2 Å². The Morgan fingerprint density at radius 2 is 1.64 bits per heavy atom. The Hall–Kier alpha value is -3.20. The van der Waals surface area contributed by atoms with Crippen molar-refractivity contribution in [3.8, 4) is 17.2 Å². The van der Waals surface area contributed by atoms with Gasteiger partial charge in [0.15, 0.2) is 0 Å². The molecule has 0 saturated heterocycles. The highest BCUT2D eigenvalue weighted by molar-refractivity contribution is 6.04. The van der Waals surface area contributed by atoms with Crippen LogP contribution in [0.3, 0.4) is 0 Å². The molecule has 3 aromatic rings. The molecule has 0 saturated carbocycles. The van der Waals surface area contributed by atoms with Crippen LogP contribution in [0.5, 0.6) is 17.2 Å². The number of hydrogen-bond acceptors (Lipinski definition) is 3. The molecule has 0 aliphatic heterocycles. The van der Waals surface area contributed by atoms with E-state index in [0.717, 1.165) is 29.9 Å². The van der Waals surface area contributed by atoms with Gasteiger partial charge in [-0.1, -0.05) is 36.4 Å². The first kappa shape index (κ1) is 16.9. The molecule has 0 bridgehead atoms. The van der Waals surface area contributed by atoms with E-state index in [1.165, 1.54) is 33.4 Å². The second-order valence-electron chi connectivity index (χ2n) is 7.36. The number of aromatic hydroxyl groups is 1. The van der Waals surface area contributed by atoms with Crippen molar-refractivity contribution in [3.05, 3.63) is 88.5 Å². The number of ether oxygens (including phenoxy) is 2. The van der Waals surface area contributed by atoms with Gasteiger partial charge in [0, 0.05) is 17.5 Å². The minimum atomic E-state index is 0.0768. The fourth-order valence-corrected chi connectivity index (χ4v) is 4.75. The topological polar surface area (TPSA) is 38.7 Å². The monoisotopic (exact) mass is 370 g/mol. The van der Waals surface area contributed by atoms with Crippen molar-refractivity contribution in [3.63, 3.8) is 0 Å². The highest BCUT2D eigenvalue weighted by Crippen LogP contribution is 2.57. The van der Waals surface area contributed by atoms with Gasteiger partial charge in [-0.05, 0) is 64.4 Å². The molecular weight excluding hydrogens is 348 g/mol. The first-order chi connectivity index (χ1) is 13.7. The summed E-state index contributed by atoms with van der Waals surface area (Å²) in [6, 6.07) is 20.4. The standard InChI is InChI=1S/C25H22O3/c1-27-18-13-21-20-12-9-15-5-3-4-6-19(15)24(20)23(25(21)22(14-18)28-2)16-7-10-17(26)11-8-16/h3-8,10-11,13-14,23,26H,9,12H2,1-2H3. The number of phenolic OH excluding ortho intramolecular Hbond substituents is 1. The maximum absolute atomic E-state index is 9.80. The number of phenols is 1. The molecule has 0 aromatic heterocycles. The molecule has 0 amide bonds. The maximum Gasteiger partial charge on any atom is 0.127 e. The molecule has 0 fully saturated rings. The molecule has 1 N–H and O–H groups in total. The Morgan fingerprint density at radius 3 is 2.39 bits per heavy atom. The van der Waals surface area contributed by atoms with E-state index in [2.05, 4.69) is 30.3 Å². The van der Waals surface area contributed by atoms with Crippen molar-refractivity contribution < 1.29 is 14.6 Å². The van der Waals surface area contributed by atoms with Crippen LogP contribution in [-0.2, 0) is 6.42 Å². The Balaban J connectivity index is 1.82. The largest absolute Gasteiger partial charge is 0.508 e. The fourth-order valence-electron chi connectivity index (χ4n) is 4.75. The average molecular weight is 370 g/mol. The van der Waals surface area contributed by atoms with Crippen LogP contribution >= 0.6 is 0 Å². The molecule has 3 nitrogen and oxygen atoms in total. The van der Waals surface area contributed by atoms with Crippen LogP contribution in [0.15, 0.2) is 60.7 Å². The smallest absolute Gasteiger partial charge is 0.127 e. The van der Waals surface area contributed by atoms with Gasteiger partial charge in [0.25, 0.3) is 0 Å². The summed E-state index contributed by atoms with van der Waals surface area (Å²) >= 11 is 0. The number of rotatable bonds is 3. The van der Waals surface area contributed by atoms with Crippen molar-refractivity contribution in [2.75, 3.05) is 14.2 Å². The molecule has 0 radical (unpaired) electrons. The lowest BCUT2D eigenvalue weighted by atomic mass is 9.79. The number of hydrogen-bond donors (Lipinski definition) is 1. The minimum Gasteiger partial charge on any atom is -0.508 e. The van der Waals surface area contributed by atoms with E-state index in [4.69, 9.17) is 9.47 Å². The third-order valence-electron chi connectivity index (χ3n) is 5.98. The van der Waals surface area contributed by atoms with E-state index in [1.54, 1.807) is 26.4 Å². The van der Waals surface area contributed by atoms with Gasteiger partial charge < -0.3 is 14.6 Å². The zero-order valence-electron chi connectivity index (χ0n) is 16.0. The van der Waals surface area contributed by atoms with E-state index < -0.39 is 0 Å². The Labute approximate surface area is 164 Å². The number of allylic oxidation sites excluding steroid dienone is 2. The molecule has 28 heavy (non-hydrogen) atoms. The van der Waals surface area contributed by atoms with E-state index in [9.17, 15) is 5.11 Å². The number of methoxy groups -OCH3 is 2. The molecule has 1 atom stereocenters. The van der Waals surface area contributed by atoms with Crippen LogP contribution in [0.25, 0.3) is 11.1 Å². The van der Waals surface area contributed by atoms with Gasteiger partial charge in [0.2, 0.25) is 0 Å². The van der Waals surface area contributed by atoms with Crippen LogP contribution in [-0.4, -0.2) is 19.3 Å². The quantitative estimate of drug-likeness (QED) is 0.670. The molecule has 1 unspecified atom stereocenters. The molecule has 0 heterocycles. The van der Waals surface area contributed by atoms with Gasteiger partial charge in [-0.3, -0.25) is 0 Å².